The molecule has 2 heteroatoms. The summed E-state index contributed by atoms with van der Waals surface area (Å²) in [6.45, 7) is 0. The second-order valence-electron chi connectivity index (χ2n) is 3.70. The summed E-state index contributed by atoms with van der Waals surface area (Å²) in [4.78, 5) is 0. The zero-order chi connectivity index (χ0) is 9.31. The molecule has 0 spiro atoms. The lowest BCUT2D eigenvalue weighted by Crippen LogP contribution is -2.00. The second kappa shape index (κ2) is 3.16. The molecule has 0 heterocycles. The standard InChI is InChI=1S/C11H10BrN/c12-10-3-1-2-9(6-10)7-11(8-13)4-5-11/h1-3,6H,4-5,7H2. The first-order valence-corrected chi connectivity index (χ1v) is 5.19. The van der Waals surface area contributed by atoms with Gasteiger partial charge in [0.15, 0.2) is 0 Å². The summed E-state index contributed by atoms with van der Waals surface area (Å²) < 4.78 is 1.10. The van der Waals surface area contributed by atoms with E-state index in [0.717, 1.165) is 23.7 Å². The van der Waals surface area contributed by atoms with Gasteiger partial charge in [0.05, 0.1) is 11.5 Å². The maximum Gasteiger partial charge on any atom is 0.0693 e. The highest BCUT2D eigenvalue weighted by Gasteiger charge is 2.42. The van der Waals surface area contributed by atoms with Crippen molar-refractivity contribution in [1.82, 2.24) is 0 Å². The molecule has 1 aromatic carbocycles. The summed E-state index contributed by atoms with van der Waals surface area (Å²) in [5.74, 6) is 0. The Morgan fingerprint density at radius 2 is 2.23 bits per heavy atom. The Hall–Kier alpha value is -0.810. The fourth-order valence-corrected chi connectivity index (χ4v) is 1.96. The van der Waals surface area contributed by atoms with E-state index < -0.39 is 0 Å². The van der Waals surface area contributed by atoms with E-state index in [1.807, 2.05) is 12.1 Å². The van der Waals surface area contributed by atoms with Crippen LogP contribution in [0.4, 0.5) is 0 Å². The highest BCUT2D eigenvalue weighted by Crippen LogP contribution is 2.47. The molecule has 13 heavy (non-hydrogen) atoms. The van der Waals surface area contributed by atoms with Gasteiger partial charge in [0.25, 0.3) is 0 Å². The minimum Gasteiger partial charge on any atom is -0.198 e. The van der Waals surface area contributed by atoms with Crippen molar-refractivity contribution in [2.75, 3.05) is 0 Å². The van der Waals surface area contributed by atoms with Gasteiger partial charge in [-0.05, 0) is 37.0 Å². The van der Waals surface area contributed by atoms with Crippen LogP contribution in [0.15, 0.2) is 28.7 Å². The fourth-order valence-electron chi connectivity index (χ4n) is 1.52. The molecule has 0 bridgehead atoms. The number of rotatable bonds is 2. The first-order valence-electron chi connectivity index (χ1n) is 4.40. The van der Waals surface area contributed by atoms with E-state index >= 15 is 0 Å². The predicted octanol–water partition coefficient (Wildman–Crippen LogP) is 3.30. The van der Waals surface area contributed by atoms with Crippen molar-refractivity contribution < 1.29 is 0 Å². The zero-order valence-corrected chi connectivity index (χ0v) is 8.84. The minimum atomic E-state index is -0.0270. The Balaban J connectivity index is 2.15. The van der Waals surface area contributed by atoms with Gasteiger partial charge in [-0.1, -0.05) is 28.1 Å². The van der Waals surface area contributed by atoms with Gasteiger partial charge in [-0.2, -0.15) is 5.26 Å². The van der Waals surface area contributed by atoms with Gasteiger partial charge in [0.2, 0.25) is 0 Å². The molecule has 1 nitrogen and oxygen atoms in total. The lowest BCUT2D eigenvalue weighted by molar-refractivity contribution is 0.665. The largest absolute Gasteiger partial charge is 0.198 e. The maximum absolute atomic E-state index is 8.93. The minimum absolute atomic E-state index is 0.0270. The number of benzene rings is 1. The topological polar surface area (TPSA) is 23.8 Å². The van der Waals surface area contributed by atoms with Crippen molar-refractivity contribution in [3.8, 4) is 6.07 Å². The quantitative estimate of drug-likeness (QED) is 0.772. The SMILES string of the molecule is N#CC1(Cc2cccc(Br)c2)CC1. The van der Waals surface area contributed by atoms with Crippen LogP contribution in [0.3, 0.4) is 0 Å². The number of nitrogens with zero attached hydrogens (tertiary/aromatic N) is 1. The van der Waals surface area contributed by atoms with Crippen LogP contribution >= 0.6 is 15.9 Å². The monoisotopic (exact) mass is 235 g/mol. The molecule has 0 radical (unpaired) electrons. The van der Waals surface area contributed by atoms with E-state index in [9.17, 15) is 0 Å². The van der Waals surface area contributed by atoms with Crippen molar-refractivity contribution in [3.63, 3.8) is 0 Å². The molecule has 2 rings (SSSR count). The van der Waals surface area contributed by atoms with Gasteiger partial charge in [0, 0.05) is 4.47 Å². The first-order chi connectivity index (χ1) is 6.24. The smallest absolute Gasteiger partial charge is 0.0693 e. The van der Waals surface area contributed by atoms with Crippen molar-refractivity contribution in [2.45, 2.75) is 19.3 Å². The van der Waals surface area contributed by atoms with Crippen molar-refractivity contribution in [2.24, 2.45) is 5.41 Å². The zero-order valence-electron chi connectivity index (χ0n) is 7.26. The van der Waals surface area contributed by atoms with Gasteiger partial charge in [0.1, 0.15) is 0 Å². The second-order valence-corrected chi connectivity index (χ2v) is 4.61. The Morgan fingerprint density at radius 3 is 2.77 bits per heavy atom. The summed E-state index contributed by atoms with van der Waals surface area (Å²) in [6.07, 6.45) is 3.04. The number of hydrogen-bond acceptors (Lipinski definition) is 1. The first kappa shape index (κ1) is 8.77. The van der Waals surface area contributed by atoms with Crippen LogP contribution in [0.1, 0.15) is 18.4 Å². The number of nitriles is 1. The Bertz CT molecular complexity index is 361. The third-order valence-electron chi connectivity index (χ3n) is 2.52. The fraction of sp³-hybridized carbons (Fsp3) is 0.364. The number of halogens is 1. The van der Waals surface area contributed by atoms with Gasteiger partial charge in [-0.15, -0.1) is 0 Å². The van der Waals surface area contributed by atoms with Crippen LogP contribution in [0.25, 0.3) is 0 Å². The van der Waals surface area contributed by atoms with Gasteiger partial charge < -0.3 is 0 Å². The molecule has 0 aliphatic heterocycles. The molecule has 1 aromatic rings. The van der Waals surface area contributed by atoms with Gasteiger partial charge in [-0.3, -0.25) is 0 Å². The molecule has 0 saturated heterocycles. The third-order valence-corrected chi connectivity index (χ3v) is 3.02. The predicted molar refractivity (Wildman–Crippen MR) is 55.1 cm³/mol. The van der Waals surface area contributed by atoms with Crippen LogP contribution < -0.4 is 0 Å². The number of hydrogen-bond donors (Lipinski definition) is 0. The van der Waals surface area contributed by atoms with Gasteiger partial charge in [-0.25, -0.2) is 0 Å². The summed E-state index contributed by atoms with van der Waals surface area (Å²) in [7, 11) is 0. The lowest BCUT2D eigenvalue weighted by Gasteiger charge is -2.05. The van der Waals surface area contributed by atoms with Crippen LogP contribution in [-0.2, 0) is 6.42 Å². The van der Waals surface area contributed by atoms with Crippen molar-refractivity contribution in [3.05, 3.63) is 34.3 Å². The van der Waals surface area contributed by atoms with E-state index in [1.165, 1.54) is 5.56 Å². The third kappa shape index (κ3) is 1.92. The molecule has 1 aliphatic rings. The highest BCUT2D eigenvalue weighted by atomic mass is 79.9. The molecule has 0 aromatic heterocycles. The van der Waals surface area contributed by atoms with Crippen LogP contribution in [0, 0.1) is 16.7 Å². The summed E-state index contributed by atoms with van der Waals surface area (Å²) in [5.41, 5.74) is 1.23. The molecule has 66 valence electrons. The Kier molecular flexibility index (Phi) is 2.13. The van der Waals surface area contributed by atoms with E-state index in [0.29, 0.717) is 0 Å². The molecule has 1 saturated carbocycles. The Morgan fingerprint density at radius 1 is 1.46 bits per heavy atom. The van der Waals surface area contributed by atoms with E-state index in [-0.39, 0.29) is 5.41 Å². The molecule has 0 unspecified atom stereocenters. The molecular weight excluding hydrogens is 226 g/mol. The van der Waals surface area contributed by atoms with E-state index in [2.05, 4.69) is 34.1 Å². The van der Waals surface area contributed by atoms with Crippen LogP contribution in [0.2, 0.25) is 0 Å². The molecule has 1 aliphatic carbocycles. The molecule has 0 N–H and O–H groups in total. The van der Waals surface area contributed by atoms with E-state index in [1.54, 1.807) is 0 Å². The highest BCUT2D eigenvalue weighted by molar-refractivity contribution is 9.10. The summed E-state index contributed by atoms with van der Waals surface area (Å²) in [5, 5.41) is 8.93. The molecular formula is C11H10BrN. The average molecular weight is 236 g/mol. The average Bonchev–Trinajstić information content (AvgIpc) is 2.86. The summed E-state index contributed by atoms with van der Waals surface area (Å²) in [6, 6.07) is 10.6. The summed E-state index contributed by atoms with van der Waals surface area (Å²) >= 11 is 3.43. The van der Waals surface area contributed by atoms with Crippen molar-refractivity contribution in [1.29, 1.82) is 5.26 Å². The molecule has 0 atom stereocenters. The molecule has 1 fully saturated rings. The Labute approximate surface area is 86.5 Å². The van der Waals surface area contributed by atoms with Crippen molar-refractivity contribution >= 4 is 15.9 Å². The lowest BCUT2D eigenvalue weighted by atomic mass is 9.98. The van der Waals surface area contributed by atoms with Crippen LogP contribution in [0.5, 0.6) is 0 Å². The van der Waals surface area contributed by atoms with E-state index in [4.69, 9.17) is 5.26 Å². The maximum atomic E-state index is 8.93. The van der Waals surface area contributed by atoms with Crippen LogP contribution in [-0.4, -0.2) is 0 Å². The normalized spacial score (nSPS) is 17.8. The van der Waals surface area contributed by atoms with Gasteiger partial charge >= 0.3 is 0 Å². The molecule has 0 amide bonds.